The molecule has 0 saturated carbocycles. The van der Waals surface area contributed by atoms with Crippen LogP contribution in [-0.2, 0) is 20.7 Å². The van der Waals surface area contributed by atoms with Gasteiger partial charge in [0.2, 0.25) is 5.91 Å². The van der Waals surface area contributed by atoms with Crippen LogP contribution in [0.5, 0.6) is 0 Å². The van der Waals surface area contributed by atoms with E-state index >= 15 is 0 Å². The Morgan fingerprint density at radius 2 is 1.77 bits per heavy atom. The number of para-hydroxylation sites is 1. The highest BCUT2D eigenvalue weighted by Gasteiger charge is 2.36. The highest BCUT2D eigenvalue weighted by atomic mass is 32.2. The Kier molecular flexibility index (Phi) is 8.14. The number of hydrogen-bond acceptors (Lipinski definition) is 6. The van der Waals surface area contributed by atoms with Gasteiger partial charge in [0.05, 0.1) is 23.8 Å². The van der Waals surface area contributed by atoms with Gasteiger partial charge in [-0.3, -0.25) is 19.3 Å². The predicted molar refractivity (Wildman–Crippen MR) is 160 cm³/mol. The van der Waals surface area contributed by atoms with Gasteiger partial charge < -0.3 is 19.5 Å². The SMILES string of the molecule is CCc1cccc(C)c1-n1c(C)cc(/C=C2\SC(=O)N(CC(=O)Nc3ccc(N4CCOCC4)cc3)C2=O)c1C. The van der Waals surface area contributed by atoms with Crippen LogP contribution in [0.15, 0.2) is 53.4 Å². The van der Waals surface area contributed by atoms with E-state index in [0.29, 0.717) is 23.8 Å². The summed E-state index contributed by atoms with van der Waals surface area (Å²) >= 11 is 0.867. The summed E-state index contributed by atoms with van der Waals surface area (Å²) < 4.78 is 7.61. The van der Waals surface area contributed by atoms with Crippen molar-refractivity contribution in [3.05, 3.63) is 81.5 Å². The number of rotatable bonds is 7. The third-order valence-electron chi connectivity index (χ3n) is 7.39. The lowest BCUT2D eigenvalue weighted by atomic mass is 10.1. The highest BCUT2D eigenvalue weighted by Crippen LogP contribution is 2.34. The predicted octanol–water partition coefficient (Wildman–Crippen LogP) is 5.48. The number of imide groups is 1. The number of nitrogens with one attached hydrogen (secondary N) is 1. The minimum atomic E-state index is -0.456. The summed E-state index contributed by atoms with van der Waals surface area (Å²) in [6.45, 7) is 11.0. The molecule has 2 saturated heterocycles. The second-order valence-corrected chi connectivity index (χ2v) is 11.1. The average molecular weight is 559 g/mol. The standard InChI is InChI=1S/C31H34N4O4S/c1-5-23-8-6-7-20(2)29(23)35-21(3)17-24(22(35)4)18-27-30(37)34(31(38)40-27)19-28(36)32-25-9-11-26(12-10-25)33-13-15-39-16-14-33/h6-12,17-18H,5,13-16,19H2,1-4H3,(H,32,36)/b27-18-. The third kappa shape index (κ3) is 5.57. The molecule has 8 nitrogen and oxygen atoms in total. The van der Waals surface area contributed by atoms with E-state index < -0.39 is 17.1 Å². The maximum Gasteiger partial charge on any atom is 0.294 e. The quantitative estimate of drug-likeness (QED) is 0.387. The number of nitrogens with zero attached hydrogens (tertiary/aromatic N) is 3. The van der Waals surface area contributed by atoms with Gasteiger partial charge in [0, 0.05) is 35.9 Å². The van der Waals surface area contributed by atoms with Gasteiger partial charge in [-0.2, -0.15) is 0 Å². The molecule has 0 bridgehead atoms. The highest BCUT2D eigenvalue weighted by molar-refractivity contribution is 8.18. The zero-order chi connectivity index (χ0) is 28.4. The van der Waals surface area contributed by atoms with Crippen LogP contribution in [0.3, 0.4) is 0 Å². The van der Waals surface area contributed by atoms with Crippen LogP contribution in [0.1, 0.15) is 35.0 Å². The molecule has 40 heavy (non-hydrogen) atoms. The van der Waals surface area contributed by atoms with Crippen LogP contribution in [0.4, 0.5) is 16.2 Å². The summed E-state index contributed by atoms with van der Waals surface area (Å²) in [5, 5.41) is 2.35. The fourth-order valence-corrected chi connectivity index (χ4v) is 6.13. The number of benzene rings is 2. The first kappa shape index (κ1) is 27.7. The van der Waals surface area contributed by atoms with Gasteiger partial charge in [-0.25, -0.2) is 0 Å². The molecule has 0 spiro atoms. The number of hydrogen-bond donors (Lipinski definition) is 1. The molecule has 1 aromatic heterocycles. The number of ether oxygens (including phenoxy) is 1. The van der Waals surface area contributed by atoms with Gasteiger partial charge in [-0.15, -0.1) is 0 Å². The van der Waals surface area contributed by atoms with Crippen molar-refractivity contribution in [2.75, 3.05) is 43.1 Å². The largest absolute Gasteiger partial charge is 0.378 e. The fraction of sp³-hybridized carbons (Fsp3) is 0.323. The minimum Gasteiger partial charge on any atom is -0.378 e. The number of aromatic nitrogens is 1. The Labute approximate surface area is 239 Å². The summed E-state index contributed by atoms with van der Waals surface area (Å²) in [7, 11) is 0. The molecular weight excluding hydrogens is 524 g/mol. The van der Waals surface area contributed by atoms with E-state index in [1.807, 2.05) is 44.2 Å². The lowest BCUT2D eigenvalue weighted by Crippen LogP contribution is -2.36. The first-order valence-electron chi connectivity index (χ1n) is 13.5. The summed E-state index contributed by atoms with van der Waals surface area (Å²) in [5.41, 5.74) is 8.16. The van der Waals surface area contributed by atoms with E-state index in [-0.39, 0.29) is 6.54 Å². The third-order valence-corrected chi connectivity index (χ3v) is 8.29. The fourth-order valence-electron chi connectivity index (χ4n) is 5.30. The number of amides is 3. The van der Waals surface area contributed by atoms with E-state index in [4.69, 9.17) is 4.74 Å². The Hall–Kier alpha value is -3.82. The van der Waals surface area contributed by atoms with E-state index in [1.54, 1.807) is 6.08 Å². The Morgan fingerprint density at radius 3 is 2.48 bits per heavy atom. The first-order chi connectivity index (χ1) is 19.3. The molecule has 2 aliphatic heterocycles. The number of carbonyl (C=O) groups excluding carboxylic acids is 3. The van der Waals surface area contributed by atoms with E-state index in [1.165, 1.54) is 11.1 Å². The van der Waals surface area contributed by atoms with Gasteiger partial charge in [-0.1, -0.05) is 25.1 Å². The van der Waals surface area contributed by atoms with Crippen molar-refractivity contribution in [1.29, 1.82) is 0 Å². The summed E-state index contributed by atoms with van der Waals surface area (Å²) in [6.07, 6.45) is 2.66. The van der Waals surface area contributed by atoms with Crippen molar-refractivity contribution < 1.29 is 19.1 Å². The maximum absolute atomic E-state index is 13.2. The molecule has 3 heterocycles. The summed E-state index contributed by atoms with van der Waals surface area (Å²) in [4.78, 5) is 42.2. The molecule has 208 valence electrons. The Balaban J connectivity index is 1.28. The summed E-state index contributed by atoms with van der Waals surface area (Å²) in [5.74, 6) is -0.879. The second kappa shape index (κ2) is 11.7. The van der Waals surface area contributed by atoms with Crippen molar-refractivity contribution >= 4 is 46.3 Å². The zero-order valence-electron chi connectivity index (χ0n) is 23.3. The second-order valence-electron chi connectivity index (χ2n) is 10.1. The maximum atomic E-state index is 13.2. The smallest absolute Gasteiger partial charge is 0.294 e. The van der Waals surface area contributed by atoms with Crippen LogP contribution in [0.2, 0.25) is 0 Å². The number of thioether (sulfide) groups is 1. The molecule has 0 aliphatic carbocycles. The van der Waals surface area contributed by atoms with Crippen molar-refractivity contribution in [3.63, 3.8) is 0 Å². The number of morpholine rings is 1. The van der Waals surface area contributed by atoms with Crippen LogP contribution in [0, 0.1) is 20.8 Å². The van der Waals surface area contributed by atoms with Crippen LogP contribution in [-0.4, -0.2) is 59.4 Å². The number of carbonyl (C=O) groups is 3. The van der Waals surface area contributed by atoms with E-state index in [9.17, 15) is 14.4 Å². The van der Waals surface area contributed by atoms with Crippen LogP contribution >= 0.6 is 11.8 Å². The average Bonchev–Trinajstić information content (AvgIpc) is 3.37. The van der Waals surface area contributed by atoms with Crippen LogP contribution in [0.25, 0.3) is 11.8 Å². The van der Waals surface area contributed by atoms with Crippen molar-refractivity contribution in [2.24, 2.45) is 0 Å². The van der Waals surface area contributed by atoms with E-state index in [0.717, 1.165) is 64.5 Å². The molecule has 0 unspecified atom stereocenters. The normalized spacial score (nSPS) is 16.8. The topological polar surface area (TPSA) is 83.9 Å². The molecule has 9 heteroatoms. The number of aryl methyl sites for hydroxylation is 3. The monoisotopic (exact) mass is 558 g/mol. The van der Waals surface area contributed by atoms with Gasteiger partial charge in [-0.05, 0) is 92.1 Å². The first-order valence-corrected chi connectivity index (χ1v) is 14.3. The molecule has 2 aliphatic rings. The summed E-state index contributed by atoms with van der Waals surface area (Å²) in [6, 6.07) is 15.9. The Morgan fingerprint density at radius 1 is 1.05 bits per heavy atom. The lowest BCUT2D eigenvalue weighted by molar-refractivity contribution is -0.127. The molecule has 2 fully saturated rings. The van der Waals surface area contributed by atoms with E-state index in [2.05, 4.69) is 46.8 Å². The van der Waals surface area contributed by atoms with Gasteiger partial charge in [0.15, 0.2) is 0 Å². The molecule has 2 aromatic carbocycles. The molecule has 0 atom stereocenters. The van der Waals surface area contributed by atoms with Crippen molar-refractivity contribution in [2.45, 2.75) is 34.1 Å². The van der Waals surface area contributed by atoms with Crippen molar-refractivity contribution in [1.82, 2.24) is 9.47 Å². The zero-order valence-corrected chi connectivity index (χ0v) is 24.1. The van der Waals surface area contributed by atoms with Crippen molar-refractivity contribution in [3.8, 4) is 5.69 Å². The molecule has 3 amide bonds. The molecule has 5 rings (SSSR count). The van der Waals surface area contributed by atoms with Gasteiger partial charge in [0.1, 0.15) is 6.54 Å². The number of anilines is 2. The molecule has 0 radical (unpaired) electrons. The van der Waals surface area contributed by atoms with Gasteiger partial charge >= 0.3 is 0 Å². The lowest BCUT2D eigenvalue weighted by Gasteiger charge is -2.28. The molecule has 1 N–H and O–H groups in total. The molecule has 3 aromatic rings. The van der Waals surface area contributed by atoms with Gasteiger partial charge in [0.25, 0.3) is 11.1 Å². The minimum absolute atomic E-state index is 0.313. The van der Waals surface area contributed by atoms with Crippen LogP contribution < -0.4 is 10.2 Å². The molecular formula is C31H34N4O4S. The Bertz CT molecular complexity index is 1490.